The maximum absolute atomic E-state index is 12.3. The Morgan fingerprint density at radius 2 is 1.90 bits per heavy atom. The van der Waals surface area contributed by atoms with Gasteiger partial charge in [0.25, 0.3) is 5.91 Å². The summed E-state index contributed by atoms with van der Waals surface area (Å²) in [4.78, 5) is 21.3. The minimum atomic E-state index is -0.109. The van der Waals surface area contributed by atoms with E-state index in [9.17, 15) is 4.79 Å². The number of hydrogen-bond acceptors (Lipinski definition) is 6. The Morgan fingerprint density at radius 3 is 2.69 bits per heavy atom. The third kappa shape index (κ3) is 4.79. The molecular formula is C22H28N4O3. The van der Waals surface area contributed by atoms with Crippen molar-refractivity contribution < 1.29 is 14.3 Å². The number of aromatic nitrogens is 1. The molecule has 0 radical (unpaired) electrons. The van der Waals surface area contributed by atoms with Crippen LogP contribution in [0.2, 0.25) is 0 Å². The summed E-state index contributed by atoms with van der Waals surface area (Å²) in [6.07, 6.45) is 1.72. The first kappa shape index (κ1) is 19.5. The molecule has 7 nitrogen and oxygen atoms in total. The van der Waals surface area contributed by atoms with Gasteiger partial charge in [-0.15, -0.1) is 0 Å². The SMILES string of the molecule is CC(C)CNC(=O)c1cc(N2CCN(Cc3ccc4c(c3)OCO4)CC2)ccn1. The Hall–Kier alpha value is -2.80. The number of anilines is 1. The van der Waals surface area contributed by atoms with E-state index >= 15 is 0 Å². The van der Waals surface area contributed by atoms with Crippen LogP contribution in [0.25, 0.3) is 0 Å². The maximum Gasteiger partial charge on any atom is 0.269 e. The molecule has 154 valence electrons. The highest BCUT2D eigenvalue weighted by atomic mass is 16.7. The Labute approximate surface area is 171 Å². The summed E-state index contributed by atoms with van der Waals surface area (Å²) in [5.41, 5.74) is 2.76. The van der Waals surface area contributed by atoms with Gasteiger partial charge in [-0.1, -0.05) is 19.9 Å². The van der Waals surface area contributed by atoms with Crippen LogP contribution in [0, 0.1) is 5.92 Å². The van der Waals surface area contributed by atoms with E-state index < -0.39 is 0 Å². The van der Waals surface area contributed by atoms with Crippen LogP contribution in [0.15, 0.2) is 36.5 Å². The highest BCUT2D eigenvalue weighted by Crippen LogP contribution is 2.33. The molecule has 1 saturated heterocycles. The van der Waals surface area contributed by atoms with E-state index in [2.05, 4.69) is 46.1 Å². The van der Waals surface area contributed by atoms with E-state index in [1.54, 1.807) is 6.20 Å². The quantitative estimate of drug-likeness (QED) is 0.809. The summed E-state index contributed by atoms with van der Waals surface area (Å²) in [7, 11) is 0. The molecule has 1 fully saturated rings. The predicted octanol–water partition coefficient (Wildman–Crippen LogP) is 2.52. The number of benzene rings is 1. The fraction of sp³-hybridized carbons (Fsp3) is 0.455. The van der Waals surface area contributed by atoms with Crippen molar-refractivity contribution in [1.29, 1.82) is 0 Å². The molecule has 2 aromatic rings. The number of carbonyl (C=O) groups excluding carboxylic acids is 1. The highest BCUT2D eigenvalue weighted by Gasteiger charge is 2.20. The molecule has 0 saturated carbocycles. The van der Waals surface area contributed by atoms with Gasteiger partial charge < -0.3 is 19.7 Å². The molecular weight excluding hydrogens is 368 g/mol. The normalized spacial score (nSPS) is 16.3. The summed E-state index contributed by atoms with van der Waals surface area (Å²) in [6, 6.07) is 10.0. The van der Waals surface area contributed by atoms with Crippen LogP contribution in [0.4, 0.5) is 5.69 Å². The fourth-order valence-corrected chi connectivity index (χ4v) is 3.59. The Balaban J connectivity index is 1.32. The minimum Gasteiger partial charge on any atom is -0.454 e. The van der Waals surface area contributed by atoms with Gasteiger partial charge in [-0.3, -0.25) is 14.7 Å². The first-order valence-electron chi connectivity index (χ1n) is 10.2. The molecule has 1 aromatic carbocycles. The second kappa shape index (κ2) is 8.69. The topological polar surface area (TPSA) is 66.9 Å². The second-order valence-corrected chi connectivity index (χ2v) is 7.95. The lowest BCUT2D eigenvalue weighted by molar-refractivity contribution is 0.0944. The molecule has 2 aliphatic heterocycles. The Morgan fingerprint density at radius 1 is 1.10 bits per heavy atom. The first-order chi connectivity index (χ1) is 14.1. The van der Waals surface area contributed by atoms with E-state index in [4.69, 9.17) is 9.47 Å². The monoisotopic (exact) mass is 396 g/mol. The highest BCUT2D eigenvalue weighted by molar-refractivity contribution is 5.93. The fourth-order valence-electron chi connectivity index (χ4n) is 3.59. The van der Waals surface area contributed by atoms with Crippen molar-refractivity contribution in [3.8, 4) is 11.5 Å². The van der Waals surface area contributed by atoms with Crippen molar-refractivity contribution in [1.82, 2.24) is 15.2 Å². The van der Waals surface area contributed by atoms with Gasteiger partial charge in [-0.25, -0.2) is 0 Å². The van der Waals surface area contributed by atoms with Gasteiger partial charge in [0.05, 0.1) is 0 Å². The zero-order valence-electron chi connectivity index (χ0n) is 17.1. The molecule has 1 aromatic heterocycles. The minimum absolute atomic E-state index is 0.109. The van der Waals surface area contributed by atoms with Crippen LogP contribution in [-0.4, -0.2) is 55.3 Å². The zero-order chi connectivity index (χ0) is 20.2. The van der Waals surface area contributed by atoms with Crippen LogP contribution >= 0.6 is 0 Å². The number of pyridine rings is 1. The van der Waals surface area contributed by atoms with E-state index in [1.165, 1.54) is 5.56 Å². The van der Waals surface area contributed by atoms with Gasteiger partial charge in [0.2, 0.25) is 6.79 Å². The molecule has 0 atom stereocenters. The number of hydrogen-bond donors (Lipinski definition) is 1. The Kier molecular flexibility index (Phi) is 5.85. The number of carbonyl (C=O) groups is 1. The lowest BCUT2D eigenvalue weighted by Crippen LogP contribution is -2.46. The van der Waals surface area contributed by atoms with Gasteiger partial charge in [0.15, 0.2) is 11.5 Å². The second-order valence-electron chi connectivity index (χ2n) is 7.95. The summed E-state index contributed by atoms with van der Waals surface area (Å²) in [5.74, 6) is 1.97. The van der Waals surface area contributed by atoms with Crippen LogP contribution < -0.4 is 19.7 Å². The number of nitrogens with zero attached hydrogens (tertiary/aromatic N) is 3. The standard InChI is InChI=1S/C22H28N4O3/c1-16(2)13-24-22(27)19-12-18(5-6-23-19)26-9-7-25(8-10-26)14-17-3-4-20-21(11-17)29-15-28-20/h3-6,11-12,16H,7-10,13-15H2,1-2H3,(H,24,27). The smallest absolute Gasteiger partial charge is 0.269 e. The molecule has 0 spiro atoms. The lowest BCUT2D eigenvalue weighted by atomic mass is 10.1. The number of rotatable bonds is 6. The molecule has 0 bridgehead atoms. The molecule has 2 aliphatic rings. The molecule has 1 N–H and O–H groups in total. The molecule has 4 rings (SSSR count). The van der Waals surface area contributed by atoms with Gasteiger partial charge in [-0.2, -0.15) is 0 Å². The van der Waals surface area contributed by atoms with Crippen LogP contribution in [-0.2, 0) is 6.54 Å². The van der Waals surface area contributed by atoms with E-state index in [0.717, 1.165) is 49.9 Å². The van der Waals surface area contributed by atoms with E-state index in [1.807, 2.05) is 18.2 Å². The van der Waals surface area contributed by atoms with Gasteiger partial charge in [0.1, 0.15) is 5.69 Å². The van der Waals surface area contributed by atoms with Crippen molar-refractivity contribution in [2.75, 3.05) is 44.4 Å². The average Bonchev–Trinajstić information content (AvgIpc) is 3.20. The zero-order valence-corrected chi connectivity index (χ0v) is 17.1. The van der Waals surface area contributed by atoms with Crippen LogP contribution in [0.1, 0.15) is 29.9 Å². The number of ether oxygens (including phenoxy) is 2. The van der Waals surface area contributed by atoms with Crippen molar-refractivity contribution in [2.24, 2.45) is 5.92 Å². The molecule has 29 heavy (non-hydrogen) atoms. The number of nitrogens with one attached hydrogen (secondary N) is 1. The van der Waals surface area contributed by atoms with E-state index in [-0.39, 0.29) is 5.91 Å². The molecule has 7 heteroatoms. The van der Waals surface area contributed by atoms with Crippen LogP contribution in [0.3, 0.4) is 0 Å². The Bertz CT molecular complexity index is 863. The molecule has 0 unspecified atom stereocenters. The first-order valence-corrected chi connectivity index (χ1v) is 10.2. The molecule has 1 amide bonds. The predicted molar refractivity (Wildman–Crippen MR) is 111 cm³/mol. The van der Waals surface area contributed by atoms with E-state index in [0.29, 0.717) is 24.9 Å². The third-order valence-corrected chi connectivity index (χ3v) is 5.23. The number of amides is 1. The number of fused-ring (bicyclic) bond motifs is 1. The number of piperazine rings is 1. The third-order valence-electron chi connectivity index (χ3n) is 5.23. The van der Waals surface area contributed by atoms with Gasteiger partial charge >= 0.3 is 0 Å². The maximum atomic E-state index is 12.3. The van der Waals surface area contributed by atoms with Crippen molar-refractivity contribution in [3.63, 3.8) is 0 Å². The van der Waals surface area contributed by atoms with Gasteiger partial charge in [0, 0.05) is 51.2 Å². The largest absolute Gasteiger partial charge is 0.454 e. The summed E-state index contributed by atoms with van der Waals surface area (Å²) >= 11 is 0. The van der Waals surface area contributed by atoms with Crippen LogP contribution in [0.5, 0.6) is 11.5 Å². The lowest BCUT2D eigenvalue weighted by Gasteiger charge is -2.36. The summed E-state index contributed by atoms with van der Waals surface area (Å²) in [6.45, 7) is 9.77. The molecule has 0 aliphatic carbocycles. The van der Waals surface area contributed by atoms with Crippen molar-refractivity contribution in [3.05, 3.63) is 47.8 Å². The van der Waals surface area contributed by atoms with Crippen molar-refractivity contribution >= 4 is 11.6 Å². The van der Waals surface area contributed by atoms with Gasteiger partial charge in [-0.05, 0) is 35.7 Å². The summed E-state index contributed by atoms with van der Waals surface area (Å²) < 4.78 is 10.9. The summed E-state index contributed by atoms with van der Waals surface area (Å²) in [5, 5.41) is 2.93. The molecule has 3 heterocycles. The van der Waals surface area contributed by atoms with Crippen molar-refractivity contribution in [2.45, 2.75) is 20.4 Å². The average molecular weight is 396 g/mol.